The molecule has 0 radical (unpaired) electrons. The first kappa shape index (κ1) is 20.5. The van der Waals surface area contributed by atoms with Gasteiger partial charge in [0.2, 0.25) is 0 Å². The van der Waals surface area contributed by atoms with Gasteiger partial charge in [0.25, 0.3) is 0 Å². The van der Waals surface area contributed by atoms with E-state index in [2.05, 4.69) is 10.2 Å². The smallest absolute Gasteiger partial charge is 0.180 e. The van der Waals surface area contributed by atoms with Crippen molar-refractivity contribution in [2.45, 2.75) is 20.1 Å². The Morgan fingerprint density at radius 1 is 1.15 bits per heavy atom. The number of ether oxygens (including phenoxy) is 2. The maximum absolute atomic E-state index is 13.8. The highest BCUT2D eigenvalue weighted by Crippen LogP contribution is 2.37. The molecule has 26 heavy (non-hydrogen) atoms. The fourth-order valence-corrected chi connectivity index (χ4v) is 2.72. The predicted octanol–water partition coefficient (Wildman–Crippen LogP) is 4.11. The molecule has 0 saturated carbocycles. The van der Waals surface area contributed by atoms with Crippen molar-refractivity contribution in [3.8, 4) is 11.5 Å². The van der Waals surface area contributed by atoms with E-state index in [1.165, 1.54) is 6.07 Å². The molecule has 142 valence electrons. The zero-order valence-electron chi connectivity index (χ0n) is 15.5. The minimum absolute atomic E-state index is 0.0902. The highest BCUT2D eigenvalue weighted by atomic mass is 35.5. The fourth-order valence-electron chi connectivity index (χ4n) is 2.43. The maximum atomic E-state index is 13.8. The van der Waals surface area contributed by atoms with E-state index in [-0.39, 0.29) is 12.4 Å². The summed E-state index contributed by atoms with van der Waals surface area (Å²) in [6, 6.07) is 10.3. The summed E-state index contributed by atoms with van der Waals surface area (Å²) >= 11 is 6.40. The van der Waals surface area contributed by atoms with Crippen LogP contribution in [0.15, 0.2) is 36.4 Å². The third-order valence-electron chi connectivity index (χ3n) is 3.76. The molecule has 0 heterocycles. The summed E-state index contributed by atoms with van der Waals surface area (Å²) in [5, 5.41) is 3.82. The minimum Gasteiger partial charge on any atom is -0.490 e. The number of rotatable bonds is 10. The molecule has 4 nitrogen and oxygen atoms in total. The first-order chi connectivity index (χ1) is 12.5. The number of nitrogens with zero attached hydrogens (tertiary/aromatic N) is 1. The summed E-state index contributed by atoms with van der Waals surface area (Å²) in [5.41, 5.74) is 1.48. The first-order valence-electron chi connectivity index (χ1n) is 8.68. The molecule has 0 bridgehead atoms. The predicted molar refractivity (Wildman–Crippen MR) is 104 cm³/mol. The van der Waals surface area contributed by atoms with Gasteiger partial charge in [0.1, 0.15) is 12.4 Å². The van der Waals surface area contributed by atoms with Crippen molar-refractivity contribution in [1.82, 2.24) is 10.2 Å². The standard InChI is InChI=1S/C20H26ClFN2O2/c1-4-25-19-12-15(13-23-9-10-24(2)3)11-17(21)20(19)26-14-16-7-5-6-8-18(16)22/h5-8,11-12,23H,4,9-10,13-14H2,1-3H3. The van der Waals surface area contributed by atoms with Crippen LogP contribution in [0.5, 0.6) is 11.5 Å². The van der Waals surface area contributed by atoms with Gasteiger partial charge in [-0.05, 0) is 44.8 Å². The quantitative estimate of drug-likeness (QED) is 0.629. The van der Waals surface area contributed by atoms with Crippen molar-refractivity contribution in [3.05, 3.63) is 58.4 Å². The van der Waals surface area contributed by atoms with Crippen LogP contribution in [0.1, 0.15) is 18.1 Å². The van der Waals surface area contributed by atoms with Crippen LogP contribution in [-0.2, 0) is 13.2 Å². The van der Waals surface area contributed by atoms with Crippen LogP contribution in [0.25, 0.3) is 0 Å². The number of benzene rings is 2. The molecule has 0 saturated heterocycles. The van der Waals surface area contributed by atoms with Crippen molar-refractivity contribution in [3.63, 3.8) is 0 Å². The van der Waals surface area contributed by atoms with Crippen LogP contribution in [0, 0.1) is 5.82 Å². The van der Waals surface area contributed by atoms with Gasteiger partial charge in [-0.1, -0.05) is 29.8 Å². The topological polar surface area (TPSA) is 33.7 Å². The molecule has 0 aliphatic heterocycles. The molecule has 2 aromatic carbocycles. The average molecular weight is 381 g/mol. The molecule has 0 unspecified atom stereocenters. The lowest BCUT2D eigenvalue weighted by Gasteiger charge is -2.16. The van der Waals surface area contributed by atoms with Crippen molar-refractivity contribution < 1.29 is 13.9 Å². The largest absolute Gasteiger partial charge is 0.490 e. The molecular weight excluding hydrogens is 355 g/mol. The first-order valence-corrected chi connectivity index (χ1v) is 9.06. The SMILES string of the molecule is CCOc1cc(CNCCN(C)C)cc(Cl)c1OCc1ccccc1F. The van der Waals surface area contributed by atoms with E-state index >= 15 is 0 Å². The zero-order chi connectivity index (χ0) is 18.9. The van der Waals surface area contributed by atoms with E-state index in [1.807, 2.05) is 33.2 Å². The molecule has 0 amide bonds. The Balaban J connectivity index is 2.09. The fraction of sp³-hybridized carbons (Fsp3) is 0.400. The Labute approximate surface area is 159 Å². The van der Waals surface area contributed by atoms with E-state index in [1.54, 1.807) is 18.2 Å². The van der Waals surface area contributed by atoms with Crippen molar-refractivity contribution in [2.75, 3.05) is 33.8 Å². The molecule has 2 aromatic rings. The molecule has 0 aromatic heterocycles. The van der Waals surface area contributed by atoms with Crippen LogP contribution in [0.2, 0.25) is 5.02 Å². The van der Waals surface area contributed by atoms with Gasteiger partial charge in [0, 0.05) is 25.2 Å². The molecule has 6 heteroatoms. The maximum Gasteiger partial charge on any atom is 0.180 e. The number of hydrogen-bond donors (Lipinski definition) is 1. The Hall–Kier alpha value is -1.82. The minimum atomic E-state index is -0.303. The van der Waals surface area contributed by atoms with Crippen LogP contribution in [0.4, 0.5) is 4.39 Å². The van der Waals surface area contributed by atoms with E-state index in [4.69, 9.17) is 21.1 Å². The highest BCUT2D eigenvalue weighted by molar-refractivity contribution is 6.32. The van der Waals surface area contributed by atoms with E-state index < -0.39 is 0 Å². The van der Waals surface area contributed by atoms with Crippen molar-refractivity contribution in [1.29, 1.82) is 0 Å². The molecule has 0 aliphatic rings. The Bertz CT molecular complexity index is 710. The van der Waals surface area contributed by atoms with Gasteiger partial charge < -0.3 is 19.7 Å². The van der Waals surface area contributed by atoms with Crippen molar-refractivity contribution >= 4 is 11.6 Å². The number of hydrogen-bond acceptors (Lipinski definition) is 4. The zero-order valence-corrected chi connectivity index (χ0v) is 16.3. The van der Waals surface area contributed by atoms with Gasteiger partial charge in [-0.3, -0.25) is 0 Å². The Kier molecular flexibility index (Phi) is 8.16. The van der Waals surface area contributed by atoms with Gasteiger partial charge in [0.15, 0.2) is 11.5 Å². The molecule has 0 spiro atoms. The third-order valence-corrected chi connectivity index (χ3v) is 4.04. The summed E-state index contributed by atoms with van der Waals surface area (Å²) in [6.45, 7) is 4.99. The molecular formula is C20H26ClFN2O2. The third kappa shape index (κ3) is 6.16. The molecule has 0 atom stereocenters. The van der Waals surface area contributed by atoms with Gasteiger partial charge in [-0.15, -0.1) is 0 Å². The van der Waals surface area contributed by atoms with E-state index in [0.717, 1.165) is 18.7 Å². The summed E-state index contributed by atoms with van der Waals surface area (Å²) in [7, 11) is 4.07. The summed E-state index contributed by atoms with van der Waals surface area (Å²) in [5.74, 6) is 0.706. The lowest BCUT2D eigenvalue weighted by atomic mass is 10.2. The lowest BCUT2D eigenvalue weighted by molar-refractivity contribution is 0.265. The molecule has 0 aliphatic carbocycles. The monoisotopic (exact) mass is 380 g/mol. The summed E-state index contributed by atoms with van der Waals surface area (Å²) in [6.07, 6.45) is 0. The van der Waals surface area contributed by atoms with Crippen LogP contribution in [0.3, 0.4) is 0 Å². The molecule has 2 rings (SSSR count). The number of likely N-dealkylation sites (N-methyl/N-ethyl adjacent to an activating group) is 1. The molecule has 0 fully saturated rings. The van der Waals surface area contributed by atoms with Gasteiger partial charge >= 0.3 is 0 Å². The highest BCUT2D eigenvalue weighted by Gasteiger charge is 2.14. The van der Waals surface area contributed by atoms with Crippen molar-refractivity contribution in [2.24, 2.45) is 0 Å². The molecule has 1 N–H and O–H groups in total. The normalized spacial score (nSPS) is 11.0. The number of nitrogens with one attached hydrogen (secondary N) is 1. The van der Waals surface area contributed by atoms with E-state index in [9.17, 15) is 4.39 Å². The average Bonchev–Trinajstić information content (AvgIpc) is 2.59. The van der Waals surface area contributed by atoms with Crippen LogP contribution >= 0.6 is 11.6 Å². The van der Waals surface area contributed by atoms with Gasteiger partial charge in [-0.2, -0.15) is 0 Å². The van der Waals surface area contributed by atoms with Gasteiger partial charge in [-0.25, -0.2) is 4.39 Å². The second kappa shape index (κ2) is 10.4. The summed E-state index contributed by atoms with van der Waals surface area (Å²) in [4.78, 5) is 2.12. The van der Waals surface area contributed by atoms with Crippen LogP contribution < -0.4 is 14.8 Å². The second-order valence-corrected chi connectivity index (χ2v) is 6.61. The Morgan fingerprint density at radius 3 is 2.62 bits per heavy atom. The Morgan fingerprint density at radius 2 is 1.92 bits per heavy atom. The lowest BCUT2D eigenvalue weighted by Crippen LogP contribution is -2.26. The second-order valence-electron chi connectivity index (χ2n) is 6.20. The summed E-state index contributed by atoms with van der Waals surface area (Å²) < 4.78 is 25.2. The van der Waals surface area contributed by atoms with Gasteiger partial charge in [0.05, 0.1) is 11.6 Å². The van der Waals surface area contributed by atoms with E-state index in [0.29, 0.717) is 35.2 Å². The van der Waals surface area contributed by atoms with Crippen LogP contribution in [-0.4, -0.2) is 38.7 Å². The number of halogens is 2.